The lowest BCUT2D eigenvalue weighted by Gasteiger charge is -2.41. The fraction of sp³-hybridized carbons (Fsp3) is 0.381. The van der Waals surface area contributed by atoms with Crippen molar-refractivity contribution in [1.29, 1.82) is 0 Å². The molecule has 0 radical (unpaired) electrons. The molecule has 162 valence electrons. The molecule has 1 aromatic carbocycles. The molecule has 1 aliphatic heterocycles. The van der Waals surface area contributed by atoms with Crippen LogP contribution in [-0.4, -0.2) is 57.5 Å². The first-order valence-corrected chi connectivity index (χ1v) is 10.2. The van der Waals surface area contributed by atoms with Gasteiger partial charge in [0.25, 0.3) is 5.91 Å². The molecule has 3 heterocycles. The van der Waals surface area contributed by atoms with E-state index in [4.69, 9.17) is 9.47 Å². The second-order valence-corrected chi connectivity index (χ2v) is 8.10. The Labute approximate surface area is 178 Å². The van der Waals surface area contributed by atoms with Gasteiger partial charge in [-0.25, -0.2) is 4.98 Å². The molecule has 4 N–H and O–H groups in total. The number of para-hydroxylation sites is 1. The number of nitrogens with zero attached hydrogens (tertiary/aromatic N) is 3. The number of carbonyl (C=O) groups is 1. The number of anilines is 3. The Hall–Kier alpha value is -3.53. The molecule has 0 saturated heterocycles. The number of hydrogen-bond acceptors (Lipinski definition) is 8. The summed E-state index contributed by atoms with van der Waals surface area (Å²) < 4.78 is 13.0. The number of benzene rings is 1. The fourth-order valence-corrected chi connectivity index (χ4v) is 4.04. The van der Waals surface area contributed by atoms with Crippen LogP contribution in [0.25, 0.3) is 5.65 Å². The number of nitrogens with one attached hydrogen (secondary N) is 3. The molecular weight excluding hydrogens is 400 g/mol. The van der Waals surface area contributed by atoms with Gasteiger partial charge in [-0.05, 0) is 31.9 Å². The van der Waals surface area contributed by atoms with Crippen molar-refractivity contribution in [2.24, 2.45) is 0 Å². The van der Waals surface area contributed by atoms with Gasteiger partial charge in [-0.3, -0.25) is 4.79 Å². The van der Waals surface area contributed by atoms with Crippen molar-refractivity contribution in [3.8, 4) is 11.5 Å². The minimum atomic E-state index is -0.714. The monoisotopic (exact) mass is 424 g/mol. The lowest BCUT2D eigenvalue weighted by Crippen LogP contribution is -2.53. The maximum Gasteiger partial charge on any atom is 0.256 e. The molecule has 0 atom stereocenters. The molecule has 5 rings (SSSR count). The Kier molecular flexibility index (Phi) is 4.58. The van der Waals surface area contributed by atoms with Gasteiger partial charge in [0.15, 0.2) is 17.1 Å². The highest BCUT2D eigenvalue weighted by Crippen LogP contribution is 2.39. The number of ether oxygens (including phenoxy) is 2. The molecule has 10 heteroatoms. The van der Waals surface area contributed by atoms with Crippen LogP contribution in [0.5, 0.6) is 11.5 Å². The van der Waals surface area contributed by atoms with Crippen LogP contribution in [0.15, 0.2) is 30.5 Å². The summed E-state index contributed by atoms with van der Waals surface area (Å²) in [4.78, 5) is 17.5. The lowest BCUT2D eigenvalue weighted by molar-refractivity contribution is -0.0366. The summed E-state index contributed by atoms with van der Waals surface area (Å²) in [5, 5.41) is 23.5. The third-order valence-electron chi connectivity index (χ3n) is 5.51. The Morgan fingerprint density at radius 1 is 1.29 bits per heavy atom. The van der Waals surface area contributed by atoms with E-state index >= 15 is 0 Å². The summed E-state index contributed by atoms with van der Waals surface area (Å²) in [6, 6.07) is 7.35. The Morgan fingerprint density at radius 3 is 2.87 bits per heavy atom. The quantitative estimate of drug-likeness (QED) is 0.490. The number of rotatable bonds is 5. The number of fused-ring (bicyclic) bond motifs is 2. The van der Waals surface area contributed by atoms with Gasteiger partial charge in [-0.2, -0.15) is 9.61 Å². The van der Waals surface area contributed by atoms with Crippen LogP contribution < -0.4 is 25.4 Å². The zero-order valence-corrected chi connectivity index (χ0v) is 17.3. The van der Waals surface area contributed by atoms with E-state index < -0.39 is 5.60 Å². The molecule has 1 saturated carbocycles. The largest absolute Gasteiger partial charge is 0.486 e. The van der Waals surface area contributed by atoms with Crippen LogP contribution in [0.3, 0.4) is 0 Å². The van der Waals surface area contributed by atoms with Gasteiger partial charge >= 0.3 is 0 Å². The van der Waals surface area contributed by atoms with Crippen LogP contribution in [0, 0.1) is 0 Å². The summed E-state index contributed by atoms with van der Waals surface area (Å²) in [5.74, 6) is 2.23. The summed E-state index contributed by atoms with van der Waals surface area (Å²) in [7, 11) is 1.78. The Morgan fingerprint density at radius 2 is 2.10 bits per heavy atom. The molecule has 1 aliphatic carbocycles. The number of amides is 1. The van der Waals surface area contributed by atoms with Crippen LogP contribution in [-0.2, 0) is 0 Å². The fourth-order valence-electron chi connectivity index (χ4n) is 4.04. The zero-order chi connectivity index (χ0) is 21.6. The van der Waals surface area contributed by atoms with Crippen LogP contribution in [0.1, 0.15) is 30.1 Å². The summed E-state index contributed by atoms with van der Waals surface area (Å²) in [6.45, 7) is 2.75. The summed E-state index contributed by atoms with van der Waals surface area (Å²) in [6.07, 6.45) is 2.56. The van der Waals surface area contributed by atoms with Crippen LogP contribution in [0.4, 0.5) is 17.3 Å². The molecular formula is C21H24N6O4. The molecule has 0 spiro atoms. The molecule has 31 heavy (non-hydrogen) atoms. The second-order valence-electron chi connectivity index (χ2n) is 8.10. The molecule has 0 bridgehead atoms. The van der Waals surface area contributed by atoms with Crippen molar-refractivity contribution in [3.05, 3.63) is 36.0 Å². The molecule has 1 amide bonds. The van der Waals surface area contributed by atoms with Crippen molar-refractivity contribution in [2.45, 2.75) is 31.4 Å². The number of aliphatic hydroxyl groups is 1. The first kappa shape index (κ1) is 19.4. The smallest absolute Gasteiger partial charge is 0.256 e. The first-order valence-electron chi connectivity index (χ1n) is 10.2. The highest BCUT2D eigenvalue weighted by molar-refractivity contribution is 6.00. The van der Waals surface area contributed by atoms with Crippen molar-refractivity contribution in [3.63, 3.8) is 0 Å². The maximum absolute atomic E-state index is 12.8. The normalized spacial score (nSPS) is 22.0. The maximum atomic E-state index is 12.8. The van der Waals surface area contributed by atoms with Gasteiger partial charge in [0.1, 0.15) is 30.4 Å². The van der Waals surface area contributed by atoms with Gasteiger partial charge < -0.3 is 30.5 Å². The minimum Gasteiger partial charge on any atom is -0.486 e. The van der Waals surface area contributed by atoms with E-state index in [9.17, 15) is 9.90 Å². The summed E-state index contributed by atoms with van der Waals surface area (Å²) in [5.41, 5.74) is 0.786. The van der Waals surface area contributed by atoms with E-state index in [1.54, 1.807) is 24.6 Å². The predicted molar refractivity (Wildman–Crippen MR) is 114 cm³/mol. The Bertz CT molecular complexity index is 1150. The molecule has 3 aromatic rings. The predicted octanol–water partition coefficient (Wildman–Crippen LogP) is 1.93. The van der Waals surface area contributed by atoms with E-state index in [1.165, 1.54) is 6.20 Å². The highest BCUT2D eigenvalue weighted by Gasteiger charge is 2.39. The van der Waals surface area contributed by atoms with E-state index in [0.29, 0.717) is 60.4 Å². The number of carbonyl (C=O) groups excluding carboxylic acids is 1. The van der Waals surface area contributed by atoms with Crippen molar-refractivity contribution in [2.75, 3.05) is 30.9 Å². The molecule has 2 aromatic heterocycles. The van der Waals surface area contributed by atoms with E-state index in [0.717, 1.165) is 5.69 Å². The van der Waals surface area contributed by atoms with Gasteiger partial charge in [0.2, 0.25) is 0 Å². The molecule has 0 unspecified atom stereocenters. The van der Waals surface area contributed by atoms with Gasteiger partial charge in [0, 0.05) is 19.2 Å². The topological polar surface area (TPSA) is 122 Å². The number of aromatic nitrogens is 3. The Balaban J connectivity index is 1.46. The minimum absolute atomic E-state index is 0.0597. The standard InChI is InChI=1S/C21H24N6O4/c1-21(29)9-12(10-21)24-20(28)13-11-23-27-17(22-2)8-16(26-19(13)27)25-14-4-3-5-15-18(14)31-7-6-30-15/h3-5,8,11-12,22,29H,6-7,9-10H2,1-2H3,(H,24,28)(H,25,26). The SMILES string of the molecule is CNc1cc(Nc2cccc3c2OCCO3)nc2c(C(=O)NC3CC(C)(O)C3)cnn12. The van der Waals surface area contributed by atoms with Gasteiger partial charge in [-0.1, -0.05) is 6.07 Å². The second kappa shape index (κ2) is 7.31. The lowest BCUT2D eigenvalue weighted by atomic mass is 9.77. The molecule has 2 aliphatic rings. The van der Waals surface area contributed by atoms with Crippen molar-refractivity contribution in [1.82, 2.24) is 19.9 Å². The van der Waals surface area contributed by atoms with Crippen molar-refractivity contribution >= 4 is 28.9 Å². The molecule has 10 nitrogen and oxygen atoms in total. The van der Waals surface area contributed by atoms with Gasteiger partial charge in [-0.15, -0.1) is 0 Å². The van der Waals surface area contributed by atoms with E-state index in [2.05, 4.69) is 26.0 Å². The average Bonchev–Trinajstić information content (AvgIpc) is 3.16. The summed E-state index contributed by atoms with van der Waals surface area (Å²) >= 11 is 0. The average molecular weight is 424 g/mol. The first-order chi connectivity index (χ1) is 14.9. The van der Waals surface area contributed by atoms with Gasteiger partial charge in [0.05, 0.1) is 17.5 Å². The van der Waals surface area contributed by atoms with Crippen LogP contribution in [0.2, 0.25) is 0 Å². The van der Waals surface area contributed by atoms with Crippen LogP contribution >= 0.6 is 0 Å². The van der Waals surface area contributed by atoms with E-state index in [-0.39, 0.29) is 11.9 Å². The third kappa shape index (κ3) is 3.59. The van der Waals surface area contributed by atoms with E-state index in [1.807, 2.05) is 18.2 Å². The highest BCUT2D eigenvalue weighted by atomic mass is 16.6. The molecule has 1 fully saturated rings. The van der Waals surface area contributed by atoms with Crippen molar-refractivity contribution < 1.29 is 19.4 Å². The number of hydrogen-bond donors (Lipinski definition) is 4. The zero-order valence-electron chi connectivity index (χ0n) is 17.3. The third-order valence-corrected chi connectivity index (χ3v) is 5.51.